The summed E-state index contributed by atoms with van der Waals surface area (Å²) in [4.78, 5) is 1.95. The Morgan fingerprint density at radius 1 is 1.23 bits per heavy atom. The summed E-state index contributed by atoms with van der Waals surface area (Å²) in [6, 6.07) is 7.18. The highest BCUT2D eigenvalue weighted by Gasteiger charge is 2.34. The highest BCUT2D eigenvalue weighted by molar-refractivity contribution is 7.89. The van der Waals surface area contributed by atoms with Gasteiger partial charge in [0.05, 0.1) is 11.4 Å². The van der Waals surface area contributed by atoms with Crippen molar-refractivity contribution in [2.75, 3.05) is 32.1 Å². The summed E-state index contributed by atoms with van der Waals surface area (Å²) >= 11 is 0. The van der Waals surface area contributed by atoms with Gasteiger partial charge in [-0.2, -0.15) is 4.31 Å². The molecule has 0 aliphatic carbocycles. The molecule has 3 rings (SSSR count). The molecule has 0 spiro atoms. The lowest BCUT2D eigenvalue weighted by Gasteiger charge is -2.18. The second kappa shape index (κ2) is 7.16. The van der Waals surface area contributed by atoms with Crippen molar-refractivity contribution in [1.82, 2.24) is 14.5 Å². The topological polar surface area (TPSA) is 75.6 Å². The number of ether oxygens (including phenoxy) is 1. The average molecular weight is 380 g/mol. The van der Waals surface area contributed by atoms with E-state index in [0.29, 0.717) is 30.2 Å². The number of anilines is 1. The van der Waals surface area contributed by atoms with Crippen LogP contribution in [0.1, 0.15) is 12.0 Å². The predicted molar refractivity (Wildman–Crippen MR) is 95.3 cm³/mol. The van der Waals surface area contributed by atoms with E-state index in [0.717, 1.165) is 6.07 Å². The molecule has 0 saturated carbocycles. The summed E-state index contributed by atoms with van der Waals surface area (Å²) in [5, 5.41) is 8.05. The number of hydrogen-bond acceptors (Lipinski definition) is 6. The van der Waals surface area contributed by atoms with E-state index < -0.39 is 15.8 Å². The Hall–Kier alpha value is -2.26. The smallest absolute Gasteiger partial charge is 0.243 e. The summed E-state index contributed by atoms with van der Waals surface area (Å²) < 4.78 is 46.0. The fourth-order valence-corrected chi connectivity index (χ4v) is 4.53. The minimum Gasteiger partial charge on any atom is -0.472 e. The molecule has 9 heteroatoms. The molecule has 1 atom stereocenters. The normalized spacial score (nSPS) is 18.1. The summed E-state index contributed by atoms with van der Waals surface area (Å²) in [5.74, 6) is 0.612. The number of hydrogen-bond donors (Lipinski definition) is 0. The maximum absolute atomic E-state index is 13.3. The fourth-order valence-electron chi connectivity index (χ4n) is 2.84. The lowest BCUT2D eigenvalue weighted by molar-refractivity contribution is 0.204. The second-order valence-corrected chi connectivity index (χ2v) is 8.33. The summed E-state index contributed by atoms with van der Waals surface area (Å²) in [6.07, 6.45) is 0.251. The maximum Gasteiger partial charge on any atom is 0.243 e. The van der Waals surface area contributed by atoms with Crippen molar-refractivity contribution in [2.24, 2.45) is 0 Å². The fraction of sp³-hybridized carbons (Fsp3) is 0.412. The third-order valence-corrected chi connectivity index (χ3v) is 6.26. The maximum atomic E-state index is 13.3. The molecule has 1 aromatic heterocycles. The van der Waals surface area contributed by atoms with Gasteiger partial charge in [-0.1, -0.05) is 0 Å². The molecular formula is C17H21FN4O3S. The van der Waals surface area contributed by atoms with Crippen LogP contribution in [0.15, 0.2) is 35.2 Å². The molecule has 0 radical (unpaired) electrons. The van der Waals surface area contributed by atoms with Crippen molar-refractivity contribution in [2.45, 2.75) is 24.3 Å². The van der Waals surface area contributed by atoms with Gasteiger partial charge >= 0.3 is 0 Å². The van der Waals surface area contributed by atoms with E-state index in [-0.39, 0.29) is 17.5 Å². The summed E-state index contributed by atoms with van der Waals surface area (Å²) in [6.45, 7) is 2.14. The van der Waals surface area contributed by atoms with E-state index in [4.69, 9.17) is 4.74 Å². The zero-order chi connectivity index (χ0) is 18.9. The van der Waals surface area contributed by atoms with Crippen molar-refractivity contribution in [3.63, 3.8) is 0 Å². The van der Waals surface area contributed by atoms with Gasteiger partial charge in [0.25, 0.3) is 0 Å². The lowest BCUT2D eigenvalue weighted by Crippen LogP contribution is -2.31. The van der Waals surface area contributed by atoms with Gasteiger partial charge in [-0.15, -0.1) is 10.2 Å². The van der Waals surface area contributed by atoms with Crippen LogP contribution in [0.2, 0.25) is 0 Å². The van der Waals surface area contributed by atoms with E-state index in [1.807, 2.05) is 19.0 Å². The number of aromatic nitrogens is 2. The van der Waals surface area contributed by atoms with Crippen LogP contribution in [-0.2, 0) is 10.0 Å². The third-order valence-electron chi connectivity index (χ3n) is 4.23. The number of benzene rings is 1. The SMILES string of the molecule is Cc1cc(F)ccc1S(=O)(=O)N1CCC(Oc2ccc(N(C)C)nn2)C1. The molecule has 1 fully saturated rings. The van der Waals surface area contributed by atoms with Gasteiger partial charge in [0.15, 0.2) is 5.82 Å². The van der Waals surface area contributed by atoms with Gasteiger partial charge in [0.2, 0.25) is 15.9 Å². The highest BCUT2D eigenvalue weighted by Crippen LogP contribution is 2.26. The number of halogens is 1. The van der Waals surface area contributed by atoms with Gasteiger partial charge < -0.3 is 9.64 Å². The minimum atomic E-state index is -3.69. The quantitative estimate of drug-likeness (QED) is 0.788. The average Bonchev–Trinajstić information content (AvgIpc) is 3.04. The molecule has 1 unspecified atom stereocenters. The molecule has 1 saturated heterocycles. The molecule has 26 heavy (non-hydrogen) atoms. The highest BCUT2D eigenvalue weighted by atomic mass is 32.2. The van der Waals surface area contributed by atoms with Crippen LogP contribution < -0.4 is 9.64 Å². The van der Waals surface area contributed by atoms with Crippen LogP contribution in [0.4, 0.5) is 10.2 Å². The Balaban J connectivity index is 1.69. The van der Waals surface area contributed by atoms with E-state index in [9.17, 15) is 12.8 Å². The third kappa shape index (κ3) is 3.78. The lowest BCUT2D eigenvalue weighted by atomic mass is 10.2. The van der Waals surface area contributed by atoms with E-state index in [1.165, 1.54) is 16.4 Å². The van der Waals surface area contributed by atoms with E-state index in [2.05, 4.69) is 10.2 Å². The number of aryl methyl sites for hydroxylation is 1. The van der Waals surface area contributed by atoms with Gasteiger partial charge in [0.1, 0.15) is 11.9 Å². The minimum absolute atomic E-state index is 0.120. The Bertz CT molecular complexity index is 887. The molecule has 7 nitrogen and oxygen atoms in total. The van der Waals surface area contributed by atoms with Crippen molar-refractivity contribution in [3.8, 4) is 5.88 Å². The van der Waals surface area contributed by atoms with Crippen LogP contribution in [-0.4, -0.2) is 56.2 Å². The molecule has 0 N–H and O–H groups in total. The molecule has 2 heterocycles. The van der Waals surface area contributed by atoms with Gasteiger partial charge in [-0.05, 0) is 43.2 Å². The Kier molecular flexibility index (Phi) is 5.10. The van der Waals surface area contributed by atoms with Crippen molar-refractivity contribution >= 4 is 15.8 Å². The monoisotopic (exact) mass is 380 g/mol. The molecule has 0 bridgehead atoms. The zero-order valence-electron chi connectivity index (χ0n) is 14.9. The Morgan fingerprint density at radius 2 is 2.00 bits per heavy atom. The van der Waals surface area contributed by atoms with Crippen LogP contribution in [0.3, 0.4) is 0 Å². The zero-order valence-corrected chi connectivity index (χ0v) is 15.7. The standard InChI is InChI=1S/C17H21FN4O3S/c1-12-10-13(18)4-5-15(12)26(23,24)22-9-8-14(11-22)25-17-7-6-16(19-20-17)21(2)3/h4-7,10,14H,8-9,11H2,1-3H3. The molecule has 1 aromatic carbocycles. The molecule has 0 amide bonds. The van der Waals surface area contributed by atoms with Crippen molar-refractivity contribution in [3.05, 3.63) is 41.7 Å². The Morgan fingerprint density at radius 3 is 2.62 bits per heavy atom. The first-order valence-electron chi connectivity index (χ1n) is 8.21. The first kappa shape index (κ1) is 18.5. The van der Waals surface area contributed by atoms with Crippen LogP contribution in [0.25, 0.3) is 0 Å². The second-order valence-electron chi connectivity index (χ2n) is 6.43. The summed E-state index contributed by atoms with van der Waals surface area (Å²) in [5.41, 5.74) is 0.388. The molecule has 140 valence electrons. The van der Waals surface area contributed by atoms with Gasteiger partial charge in [-0.25, -0.2) is 12.8 Å². The van der Waals surface area contributed by atoms with Crippen molar-refractivity contribution < 1.29 is 17.5 Å². The van der Waals surface area contributed by atoms with E-state index >= 15 is 0 Å². The van der Waals surface area contributed by atoms with Gasteiger partial charge in [-0.3, -0.25) is 0 Å². The number of nitrogens with zero attached hydrogens (tertiary/aromatic N) is 4. The van der Waals surface area contributed by atoms with Gasteiger partial charge in [0, 0.05) is 26.7 Å². The van der Waals surface area contributed by atoms with E-state index in [1.54, 1.807) is 19.1 Å². The molecule has 1 aliphatic heterocycles. The molecule has 2 aromatic rings. The largest absolute Gasteiger partial charge is 0.472 e. The first-order valence-corrected chi connectivity index (χ1v) is 9.65. The predicted octanol–water partition coefficient (Wildman–Crippen LogP) is 1.83. The van der Waals surface area contributed by atoms with Crippen LogP contribution in [0.5, 0.6) is 5.88 Å². The first-order chi connectivity index (χ1) is 12.3. The Labute approximate surface area is 152 Å². The van der Waals surface area contributed by atoms with Crippen molar-refractivity contribution in [1.29, 1.82) is 0 Å². The number of rotatable bonds is 5. The molecular weight excluding hydrogens is 359 g/mol. The van der Waals surface area contributed by atoms with Crippen LogP contribution in [0, 0.1) is 12.7 Å². The van der Waals surface area contributed by atoms with Crippen LogP contribution >= 0.6 is 0 Å². The molecule has 1 aliphatic rings. The number of sulfonamides is 1. The summed E-state index contributed by atoms with van der Waals surface area (Å²) in [7, 11) is 0.0403.